The fourth-order valence-electron chi connectivity index (χ4n) is 4.14. The van der Waals surface area contributed by atoms with Gasteiger partial charge in [-0.2, -0.15) is 0 Å². The van der Waals surface area contributed by atoms with E-state index in [1.165, 1.54) is 5.56 Å². The molecule has 0 aromatic heterocycles. The van der Waals surface area contributed by atoms with Crippen molar-refractivity contribution in [2.24, 2.45) is 11.3 Å². The number of nitrogens with zero attached hydrogens (tertiary/aromatic N) is 1. The van der Waals surface area contributed by atoms with Crippen LogP contribution in [0, 0.1) is 11.3 Å². The molecule has 1 unspecified atom stereocenters. The van der Waals surface area contributed by atoms with Crippen molar-refractivity contribution in [3.8, 4) is 0 Å². The van der Waals surface area contributed by atoms with Gasteiger partial charge in [0.2, 0.25) is 5.91 Å². The van der Waals surface area contributed by atoms with Crippen LogP contribution in [0.2, 0.25) is 0 Å². The zero-order chi connectivity index (χ0) is 15.6. The molecule has 2 aliphatic heterocycles. The van der Waals surface area contributed by atoms with Gasteiger partial charge in [-0.3, -0.25) is 4.79 Å². The first-order valence-electron chi connectivity index (χ1n) is 8.66. The molecule has 0 saturated carbocycles. The number of hydrogen-bond donors (Lipinski definition) is 1. The summed E-state index contributed by atoms with van der Waals surface area (Å²) < 4.78 is 0. The highest BCUT2D eigenvalue weighted by molar-refractivity contribution is 5.85. The Balaban J connectivity index is 1.81. The van der Waals surface area contributed by atoms with Crippen molar-refractivity contribution in [1.82, 2.24) is 10.2 Å². The Morgan fingerprint density at radius 3 is 2.55 bits per heavy atom. The number of rotatable bonds is 4. The number of carbonyl (C=O) groups excluding carboxylic acids is 1. The number of amides is 1. The minimum Gasteiger partial charge on any atom is -0.339 e. The van der Waals surface area contributed by atoms with E-state index in [1.807, 2.05) is 0 Å². The molecule has 120 valence electrons. The van der Waals surface area contributed by atoms with Crippen LogP contribution in [0.4, 0.5) is 0 Å². The predicted molar refractivity (Wildman–Crippen MR) is 89.6 cm³/mol. The highest BCUT2D eigenvalue weighted by Gasteiger charge is 2.51. The predicted octanol–water partition coefficient (Wildman–Crippen LogP) is 2.86. The van der Waals surface area contributed by atoms with E-state index in [1.54, 1.807) is 0 Å². The van der Waals surface area contributed by atoms with Crippen LogP contribution in [-0.2, 0) is 11.2 Å². The van der Waals surface area contributed by atoms with E-state index in [9.17, 15) is 4.79 Å². The summed E-state index contributed by atoms with van der Waals surface area (Å²) in [6.07, 6.45) is 4.04. The van der Waals surface area contributed by atoms with Crippen molar-refractivity contribution in [3.05, 3.63) is 35.9 Å². The summed E-state index contributed by atoms with van der Waals surface area (Å²) in [5, 5.41) is 3.41. The van der Waals surface area contributed by atoms with Crippen LogP contribution in [0.3, 0.4) is 0 Å². The van der Waals surface area contributed by atoms with Gasteiger partial charge in [0.25, 0.3) is 0 Å². The van der Waals surface area contributed by atoms with Crippen molar-refractivity contribution in [2.75, 3.05) is 19.6 Å². The Morgan fingerprint density at radius 1 is 1.23 bits per heavy atom. The number of hydrogen-bond acceptors (Lipinski definition) is 2. The molecule has 1 aromatic carbocycles. The van der Waals surface area contributed by atoms with Crippen LogP contribution in [-0.4, -0.2) is 36.5 Å². The third kappa shape index (κ3) is 3.05. The lowest BCUT2D eigenvalue weighted by Crippen LogP contribution is -2.44. The molecule has 0 radical (unpaired) electrons. The SMILES string of the molecule is CC(C)CN1C(=O)C2(CCNCC2)CC1Cc1ccccc1. The van der Waals surface area contributed by atoms with Gasteiger partial charge in [0.15, 0.2) is 0 Å². The van der Waals surface area contributed by atoms with Crippen LogP contribution >= 0.6 is 0 Å². The molecule has 1 spiro atoms. The summed E-state index contributed by atoms with van der Waals surface area (Å²) in [5.41, 5.74) is 1.26. The Morgan fingerprint density at radius 2 is 1.91 bits per heavy atom. The van der Waals surface area contributed by atoms with E-state index in [4.69, 9.17) is 0 Å². The average Bonchev–Trinajstić information content (AvgIpc) is 2.74. The van der Waals surface area contributed by atoms with Crippen molar-refractivity contribution in [1.29, 1.82) is 0 Å². The number of benzene rings is 1. The number of likely N-dealkylation sites (tertiary alicyclic amines) is 1. The van der Waals surface area contributed by atoms with Crippen molar-refractivity contribution in [2.45, 2.75) is 45.6 Å². The highest BCUT2D eigenvalue weighted by Crippen LogP contribution is 2.44. The van der Waals surface area contributed by atoms with Gasteiger partial charge in [-0.25, -0.2) is 0 Å². The van der Waals surface area contributed by atoms with Crippen LogP contribution in [0.1, 0.15) is 38.7 Å². The average molecular weight is 300 g/mol. The van der Waals surface area contributed by atoms with Crippen LogP contribution in [0.25, 0.3) is 0 Å². The zero-order valence-electron chi connectivity index (χ0n) is 13.8. The van der Waals surface area contributed by atoms with Crippen LogP contribution < -0.4 is 5.32 Å². The second-order valence-corrected chi connectivity index (χ2v) is 7.43. The van der Waals surface area contributed by atoms with Crippen molar-refractivity contribution < 1.29 is 4.79 Å². The molecule has 1 amide bonds. The molecule has 1 N–H and O–H groups in total. The molecule has 0 bridgehead atoms. The molecule has 22 heavy (non-hydrogen) atoms. The van der Waals surface area contributed by atoms with Gasteiger partial charge in [-0.15, -0.1) is 0 Å². The molecule has 2 aliphatic rings. The maximum absolute atomic E-state index is 13.1. The number of nitrogens with one attached hydrogen (secondary N) is 1. The fourth-order valence-corrected chi connectivity index (χ4v) is 4.14. The highest BCUT2D eigenvalue weighted by atomic mass is 16.2. The molecular formula is C19H28N2O. The fraction of sp³-hybridized carbons (Fsp3) is 0.632. The molecule has 2 fully saturated rings. The van der Waals surface area contributed by atoms with Crippen molar-refractivity contribution in [3.63, 3.8) is 0 Å². The van der Waals surface area contributed by atoms with Gasteiger partial charge in [0.05, 0.1) is 5.41 Å². The monoisotopic (exact) mass is 300 g/mol. The molecule has 1 atom stereocenters. The van der Waals surface area contributed by atoms with E-state index >= 15 is 0 Å². The van der Waals surface area contributed by atoms with Crippen LogP contribution in [0.5, 0.6) is 0 Å². The molecule has 2 heterocycles. The van der Waals surface area contributed by atoms with Gasteiger partial charge in [-0.05, 0) is 50.3 Å². The first-order chi connectivity index (χ1) is 10.6. The van der Waals surface area contributed by atoms with Gasteiger partial charge >= 0.3 is 0 Å². The second-order valence-electron chi connectivity index (χ2n) is 7.43. The molecule has 3 rings (SSSR count). The molecule has 3 nitrogen and oxygen atoms in total. The minimum absolute atomic E-state index is 0.0837. The summed E-state index contributed by atoms with van der Waals surface area (Å²) in [6.45, 7) is 7.28. The zero-order valence-corrected chi connectivity index (χ0v) is 13.8. The molecule has 1 aromatic rings. The lowest BCUT2D eigenvalue weighted by atomic mass is 9.76. The van der Waals surface area contributed by atoms with E-state index < -0.39 is 0 Å². The number of piperidine rings is 1. The Labute approximate surface area is 134 Å². The van der Waals surface area contributed by atoms with E-state index in [0.717, 1.165) is 45.3 Å². The first-order valence-corrected chi connectivity index (χ1v) is 8.66. The van der Waals surface area contributed by atoms with Gasteiger partial charge < -0.3 is 10.2 Å². The second kappa shape index (κ2) is 6.41. The normalized spacial score (nSPS) is 24.4. The standard InChI is InChI=1S/C19H28N2O/c1-15(2)14-21-17(12-16-6-4-3-5-7-16)13-19(18(21)22)8-10-20-11-9-19/h3-7,15,17,20H,8-14H2,1-2H3. The molecule has 3 heteroatoms. The van der Waals surface area contributed by atoms with E-state index in [-0.39, 0.29) is 5.41 Å². The summed E-state index contributed by atoms with van der Waals surface area (Å²) >= 11 is 0. The maximum atomic E-state index is 13.1. The van der Waals surface area contributed by atoms with Gasteiger partial charge in [0, 0.05) is 12.6 Å². The summed E-state index contributed by atoms with van der Waals surface area (Å²) in [7, 11) is 0. The smallest absolute Gasteiger partial charge is 0.229 e. The molecule has 2 saturated heterocycles. The van der Waals surface area contributed by atoms with E-state index in [0.29, 0.717) is 17.9 Å². The maximum Gasteiger partial charge on any atom is 0.229 e. The van der Waals surface area contributed by atoms with E-state index in [2.05, 4.69) is 54.4 Å². The summed E-state index contributed by atoms with van der Waals surface area (Å²) in [6, 6.07) is 11.0. The quantitative estimate of drug-likeness (QED) is 0.927. The topological polar surface area (TPSA) is 32.3 Å². The summed E-state index contributed by atoms with van der Waals surface area (Å²) in [5.74, 6) is 0.947. The largest absolute Gasteiger partial charge is 0.339 e. The van der Waals surface area contributed by atoms with Gasteiger partial charge in [0.1, 0.15) is 0 Å². The molecular weight excluding hydrogens is 272 g/mol. The molecule has 0 aliphatic carbocycles. The lowest BCUT2D eigenvalue weighted by Gasteiger charge is -2.32. The summed E-state index contributed by atoms with van der Waals surface area (Å²) in [4.78, 5) is 15.3. The van der Waals surface area contributed by atoms with Crippen molar-refractivity contribution >= 4 is 5.91 Å². The Kier molecular flexibility index (Phi) is 4.53. The minimum atomic E-state index is -0.0837. The third-order valence-corrected chi connectivity index (χ3v) is 5.22. The first kappa shape index (κ1) is 15.5. The third-order valence-electron chi connectivity index (χ3n) is 5.22. The number of carbonyl (C=O) groups is 1. The Bertz CT molecular complexity index is 505. The van der Waals surface area contributed by atoms with Crippen LogP contribution in [0.15, 0.2) is 30.3 Å². The van der Waals surface area contributed by atoms with Gasteiger partial charge in [-0.1, -0.05) is 44.2 Å². The Hall–Kier alpha value is -1.35. The lowest BCUT2D eigenvalue weighted by molar-refractivity contribution is -0.138.